The number of methoxy groups -OCH3 is 1. The number of sulfonamides is 1. The molecule has 0 heterocycles. The van der Waals surface area contributed by atoms with Crippen molar-refractivity contribution in [1.29, 1.82) is 0 Å². The van der Waals surface area contributed by atoms with Crippen molar-refractivity contribution in [3.05, 3.63) is 0 Å². The Morgan fingerprint density at radius 3 is 2.27 bits per heavy atom. The zero-order valence-corrected chi connectivity index (χ0v) is 10.6. The number of hydrogen-bond donors (Lipinski definition) is 2. The summed E-state index contributed by atoms with van der Waals surface area (Å²) in [5, 5.41) is 0. The second-order valence-corrected chi connectivity index (χ2v) is 5.63. The van der Waals surface area contributed by atoms with Crippen LogP contribution in [0, 0.1) is 0 Å². The molecular weight excluding hydrogens is 216 g/mol. The Morgan fingerprint density at radius 2 is 1.87 bits per heavy atom. The molecule has 0 saturated heterocycles. The minimum absolute atomic E-state index is 0.0208. The summed E-state index contributed by atoms with van der Waals surface area (Å²) in [4.78, 5) is 0. The molecule has 6 heteroatoms. The van der Waals surface area contributed by atoms with Gasteiger partial charge in [-0.15, -0.1) is 0 Å². The third kappa shape index (κ3) is 6.09. The highest BCUT2D eigenvalue weighted by molar-refractivity contribution is 7.89. The summed E-state index contributed by atoms with van der Waals surface area (Å²) < 4.78 is 30.1. The SMILES string of the molecule is CCC(N)(CC)CNS(=O)(=O)CCOC. The van der Waals surface area contributed by atoms with Gasteiger partial charge in [0.15, 0.2) is 0 Å². The lowest BCUT2D eigenvalue weighted by atomic mass is 9.95. The van der Waals surface area contributed by atoms with Crippen molar-refractivity contribution < 1.29 is 13.2 Å². The molecule has 0 aromatic rings. The van der Waals surface area contributed by atoms with Gasteiger partial charge in [-0.3, -0.25) is 0 Å². The first-order chi connectivity index (χ1) is 6.89. The van der Waals surface area contributed by atoms with E-state index in [-0.39, 0.29) is 18.9 Å². The van der Waals surface area contributed by atoms with Crippen molar-refractivity contribution in [2.45, 2.75) is 32.2 Å². The van der Waals surface area contributed by atoms with Gasteiger partial charge in [-0.2, -0.15) is 0 Å². The summed E-state index contributed by atoms with van der Waals surface area (Å²) in [6.07, 6.45) is 1.49. The Hall–Kier alpha value is -0.170. The summed E-state index contributed by atoms with van der Waals surface area (Å²) >= 11 is 0. The molecule has 0 fully saturated rings. The molecule has 92 valence electrons. The molecule has 0 aliphatic carbocycles. The van der Waals surface area contributed by atoms with Gasteiger partial charge < -0.3 is 10.5 Å². The summed E-state index contributed by atoms with van der Waals surface area (Å²) in [5.41, 5.74) is 5.53. The molecule has 0 aliphatic heterocycles. The zero-order chi connectivity index (χ0) is 11.9. The molecule has 0 rings (SSSR count). The van der Waals surface area contributed by atoms with Crippen molar-refractivity contribution in [1.82, 2.24) is 4.72 Å². The Morgan fingerprint density at radius 1 is 1.33 bits per heavy atom. The average molecular weight is 238 g/mol. The quantitative estimate of drug-likeness (QED) is 0.627. The number of hydrogen-bond acceptors (Lipinski definition) is 4. The normalized spacial score (nSPS) is 13.1. The Bertz CT molecular complexity index is 261. The lowest BCUT2D eigenvalue weighted by Gasteiger charge is -2.26. The van der Waals surface area contributed by atoms with Gasteiger partial charge in [0.1, 0.15) is 0 Å². The molecule has 0 spiro atoms. The summed E-state index contributed by atoms with van der Waals surface area (Å²) in [6, 6.07) is 0. The molecule has 0 aromatic heterocycles. The van der Waals surface area contributed by atoms with E-state index in [0.29, 0.717) is 0 Å². The molecule has 15 heavy (non-hydrogen) atoms. The largest absolute Gasteiger partial charge is 0.384 e. The molecule has 0 saturated carbocycles. The fourth-order valence-electron chi connectivity index (χ4n) is 1.02. The lowest BCUT2D eigenvalue weighted by Crippen LogP contribution is -2.49. The number of nitrogens with two attached hydrogens (primary N) is 1. The van der Waals surface area contributed by atoms with Crippen molar-refractivity contribution in [2.24, 2.45) is 5.73 Å². The summed E-state index contributed by atoms with van der Waals surface area (Å²) in [6.45, 7) is 4.39. The predicted molar refractivity (Wildman–Crippen MR) is 61.2 cm³/mol. The molecule has 5 nitrogen and oxygen atoms in total. The van der Waals surface area contributed by atoms with E-state index < -0.39 is 15.6 Å². The van der Waals surface area contributed by atoms with Crippen LogP contribution in [-0.4, -0.2) is 40.0 Å². The minimum Gasteiger partial charge on any atom is -0.384 e. The summed E-state index contributed by atoms with van der Waals surface area (Å²) in [7, 11) is -1.78. The van der Waals surface area contributed by atoms with E-state index in [1.54, 1.807) is 0 Å². The van der Waals surface area contributed by atoms with Crippen LogP contribution in [0.5, 0.6) is 0 Å². The van der Waals surface area contributed by atoms with Crippen LogP contribution >= 0.6 is 0 Å². The van der Waals surface area contributed by atoms with Crippen LogP contribution in [0.1, 0.15) is 26.7 Å². The fraction of sp³-hybridized carbons (Fsp3) is 1.00. The van der Waals surface area contributed by atoms with E-state index in [2.05, 4.69) is 4.72 Å². The zero-order valence-electron chi connectivity index (χ0n) is 9.75. The smallest absolute Gasteiger partial charge is 0.213 e. The van der Waals surface area contributed by atoms with Crippen LogP contribution in [0.25, 0.3) is 0 Å². The highest BCUT2D eigenvalue weighted by atomic mass is 32.2. The monoisotopic (exact) mass is 238 g/mol. The van der Waals surface area contributed by atoms with E-state index in [1.807, 2.05) is 13.8 Å². The summed E-state index contributed by atoms with van der Waals surface area (Å²) in [5.74, 6) is -0.0208. The third-order valence-electron chi connectivity index (χ3n) is 2.61. The van der Waals surface area contributed by atoms with Gasteiger partial charge in [-0.1, -0.05) is 13.8 Å². The van der Waals surface area contributed by atoms with Crippen LogP contribution in [0.2, 0.25) is 0 Å². The predicted octanol–water partition coefficient (Wildman–Crippen LogP) is 0.0697. The molecular formula is C9H22N2O3S. The average Bonchev–Trinajstić information content (AvgIpc) is 2.23. The number of nitrogens with one attached hydrogen (secondary N) is 1. The van der Waals surface area contributed by atoms with Crippen LogP contribution in [0.4, 0.5) is 0 Å². The minimum atomic E-state index is -3.25. The van der Waals surface area contributed by atoms with Gasteiger partial charge >= 0.3 is 0 Å². The first kappa shape index (κ1) is 14.8. The van der Waals surface area contributed by atoms with Crippen LogP contribution < -0.4 is 10.5 Å². The van der Waals surface area contributed by atoms with Crippen LogP contribution in [0.15, 0.2) is 0 Å². The van der Waals surface area contributed by atoms with E-state index in [1.165, 1.54) is 7.11 Å². The van der Waals surface area contributed by atoms with Gasteiger partial charge in [-0.05, 0) is 12.8 Å². The van der Waals surface area contributed by atoms with Gasteiger partial charge in [0.05, 0.1) is 12.4 Å². The Labute approximate surface area is 92.4 Å². The molecule has 0 unspecified atom stereocenters. The number of rotatable bonds is 8. The van der Waals surface area contributed by atoms with Gasteiger partial charge in [-0.25, -0.2) is 13.1 Å². The highest BCUT2D eigenvalue weighted by Gasteiger charge is 2.22. The molecule has 0 aromatic carbocycles. The fourth-order valence-corrected chi connectivity index (χ4v) is 2.06. The van der Waals surface area contributed by atoms with Crippen molar-refractivity contribution in [3.8, 4) is 0 Å². The maximum absolute atomic E-state index is 11.4. The topological polar surface area (TPSA) is 81.4 Å². The third-order valence-corrected chi connectivity index (χ3v) is 3.90. The number of ether oxygens (including phenoxy) is 1. The van der Waals surface area contributed by atoms with Gasteiger partial charge in [0.2, 0.25) is 10.0 Å². The lowest BCUT2D eigenvalue weighted by molar-refractivity contribution is 0.216. The van der Waals surface area contributed by atoms with Crippen molar-refractivity contribution >= 4 is 10.0 Å². The van der Waals surface area contributed by atoms with Gasteiger partial charge in [0.25, 0.3) is 0 Å². The molecule has 0 radical (unpaired) electrons. The Balaban J connectivity index is 4.13. The molecule has 0 aliphatic rings. The van der Waals surface area contributed by atoms with Crippen LogP contribution in [0.3, 0.4) is 0 Å². The first-order valence-corrected chi connectivity index (χ1v) is 6.79. The van der Waals surface area contributed by atoms with Crippen LogP contribution in [-0.2, 0) is 14.8 Å². The maximum atomic E-state index is 11.4. The van der Waals surface area contributed by atoms with E-state index >= 15 is 0 Å². The van der Waals surface area contributed by atoms with E-state index in [4.69, 9.17) is 10.5 Å². The van der Waals surface area contributed by atoms with Crippen molar-refractivity contribution in [2.75, 3.05) is 26.0 Å². The molecule has 0 amide bonds. The van der Waals surface area contributed by atoms with Crippen molar-refractivity contribution in [3.63, 3.8) is 0 Å². The second-order valence-electron chi connectivity index (χ2n) is 3.70. The van der Waals surface area contributed by atoms with Gasteiger partial charge in [0, 0.05) is 19.2 Å². The standard InChI is InChI=1S/C9H22N2O3S/c1-4-9(10,5-2)8-11-15(12,13)7-6-14-3/h11H,4-8,10H2,1-3H3. The molecule has 0 bridgehead atoms. The molecule has 0 atom stereocenters. The second kappa shape index (κ2) is 6.42. The Kier molecular flexibility index (Phi) is 6.35. The first-order valence-electron chi connectivity index (χ1n) is 5.14. The van der Waals surface area contributed by atoms with E-state index in [0.717, 1.165) is 12.8 Å². The highest BCUT2D eigenvalue weighted by Crippen LogP contribution is 2.09. The molecule has 3 N–H and O–H groups in total. The maximum Gasteiger partial charge on any atom is 0.213 e. The van der Waals surface area contributed by atoms with E-state index in [9.17, 15) is 8.42 Å².